The number of piperidine rings is 1. The Balaban J connectivity index is 0.976. The number of carbonyl (C=O) groups is 1. The van der Waals surface area contributed by atoms with Gasteiger partial charge in [-0.3, -0.25) is 23.7 Å². The minimum absolute atomic E-state index is 0.00358. The van der Waals surface area contributed by atoms with Crippen molar-refractivity contribution in [3.63, 3.8) is 0 Å². The molecule has 0 radical (unpaired) electrons. The van der Waals surface area contributed by atoms with Crippen LogP contribution in [0.1, 0.15) is 70.8 Å². The average Bonchev–Trinajstić information content (AvgIpc) is 3.74. The zero-order valence-electron chi connectivity index (χ0n) is 34.0. The maximum atomic E-state index is 14.8. The Morgan fingerprint density at radius 1 is 0.852 bits per heavy atom. The monoisotopic (exact) mass is 862 g/mol. The van der Waals surface area contributed by atoms with Crippen molar-refractivity contribution in [1.29, 1.82) is 0 Å². The molecule has 2 atom stereocenters. The third-order valence-corrected chi connectivity index (χ3v) is 14.2. The normalized spacial score (nSPS) is 17.7. The molecule has 0 saturated carbocycles. The van der Waals surface area contributed by atoms with Crippen molar-refractivity contribution in [2.75, 3.05) is 45.4 Å². The number of aromatic nitrogens is 2. The molecule has 3 aliphatic rings. The van der Waals surface area contributed by atoms with Gasteiger partial charge in [0.2, 0.25) is 0 Å². The van der Waals surface area contributed by atoms with Gasteiger partial charge < -0.3 is 19.1 Å². The lowest BCUT2D eigenvalue weighted by Crippen LogP contribution is -2.46. The number of hydrogen-bond acceptors (Lipinski definition) is 9. The summed E-state index contributed by atoms with van der Waals surface area (Å²) in [6.45, 7) is 3.18. The maximum absolute atomic E-state index is 14.8. The number of aliphatic imine (C=N–C) groups is 1. The second kappa shape index (κ2) is 17.0. The van der Waals surface area contributed by atoms with E-state index in [1.807, 2.05) is 49.0 Å². The largest absolute Gasteiger partial charge is 0.494 e. The number of hydrogen-bond donors (Lipinski definition) is 0. The first-order chi connectivity index (χ1) is 29.6. The van der Waals surface area contributed by atoms with Crippen LogP contribution in [0.15, 0.2) is 99.5 Å². The first kappa shape index (κ1) is 40.7. The lowest BCUT2D eigenvalue weighted by atomic mass is 9.81. The van der Waals surface area contributed by atoms with Crippen molar-refractivity contribution in [2.24, 2.45) is 4.99 Å². The average molecular weight is 863 g/mol. The fourth-order valence-electron chi connectivity index (χ4n) is 8.83. The minimum atomic E-state index is -0.566. The number of carbonyl (C=O) groups excluding carboxylic acids is 1. The van der Waals surface area contributed by atoms with Crippen molar-refractivity contribution < 1.29 is 27.8 Å². The Morgan fingerprint density at radius 3 is 2.30 bits per heavy atom. The van der Waals surface area contributed by atoms with Crippen LogP contribution < -0.4 is 25.5 Å². The highest BCUT2D eigenvalue weighted by Crippen LogP contribution is 2.44. The molecule has 0 bridgehead atoms. The van der Waals surface area contributed by atoms with Crippen molar-refractivity contribution >= 4 is 44.9 Å². The molecule has 2 aromatic heterocycles. The number of fused-ring (bicyclic) bond motifs is 4. The summed E-state index contributed by atoms with van der Waals surface area (Å²) < 4.78 is 48.6. The van der Waals surface area contributed by atoms with Crippen LogP contribution in [-0.2, 0) is 6.54 Å². The Bertz CT molecular complexity index is 2790. The number of rotatable bonds is 10. The van der Waals surface area contributed by atoms with Gasteiger partial charge in [0.1, 0.15) is 10.5 Å². The standard InChI is InChI=1S/C47H44F2N4O6S2/c1-4-59-41-22-33-34(23-40(41)58-3)43(50-37-17-20-60-26-35(33)37)29-6-8-30(9-7-29)45(54)51-18-15-32(16-19-51)53-46(55)44-38(24-42(61-44)28-10-12-31(48)13-11-28)52(47(53)56)25-27-5-14-39(57-2)36(49)21-27/h5-14,21-24,32,35,37H,4,15-20,25-26H2,1-3H3/t35-,37-/m1/s1. The SMILES string of the molecule is CCOc1cc2c(cc1OC)C(c1ccc(C(=O)N3CCC(n4c(=O)c5sc(-c6ccc(F)cc6)cc5n(Cc5ccc(OC)c(F)c5)c4=O)CC3)cc1)=N[C@@H]1CCSC[C@H]21. The Hall–Kier alpha value is -5.73. The molecule has 4 aromatic carbocycles. The van der Waals surface area contributed by atoms with Crippen molar-refractivity contribution in [3.8, 4) is 27.7 Å². The van der Waals surface area contributed by atoms with E-state index < -0.39 is 23.1 Å². The fourth-order valence-corrected chi connectivity index (χ4v) is 11.2. The molecule has 14 heteroatoms. The second-order valence-corrected chi connectivity index (χ2v) is 17.7. The number of thioether (sulfide) groups is 1. The van der Waals surface area contributed by atoms with Crippen molar-refractivity contribution in [1.82, 2.24) is 14.0 Å². The third-order valence-electron chi connectivity index (χ3n) is 12.0. The van der Waals surface area contributed by atoms with Gasteiger partial charge in [-0.15, -0.1) is 11.3 Å². The highest BCUT2D eigenvalue weighted by molar-refractivity contribution is 7.99. The second-order valence-electron chi connectivity index (χ2n) is 15.5. The van der Waals surface area contributed by atoms with E-state index in [1.165, 1.54) is 57.4 Å². The predicted molar refractivity (Wildman–Crippen MR) is 237 cm³/mol. The molecule has 0 spiro atoms. The molecule has 0 unspecified atom stereocenters. The third kappa shape index (κ3) is 7.64. The van der Waals surface area contributed by atoms with Crippen LogP contribution >= 0.6 is 23.1 Å². The first-order valence-corrected chi connectivity index (χ1v) is 22.4. The molecule has 5 heterocycles. The van der Waals surface area contributed by atoms with Crippen molar-refractivity contribution in [2.45, 2.75) is 50.7 Å². The van der Waals surface area contributed by atoms with Crippen LogP contribution in [0.25, 0.3) is 20.7 Å². The number of ether oxygens (including phenoxy) is 3. The van der Waals surface area contributed by atoms with E-state index in [0.717, 1.165) is 40.5 Å². The molecule has 9 rings (SSSR count). The van der Waals surface area contributed by atoms with Gasteiger partial charge in [-0.25, -0.2) is 13.6 Å². The van der Waals surface area contributed by atoms with Gasteiger partial charge in [-0.05, 0) is 103 Å². The number of amides is 1. The lowest BCUT2D eigenvalue weighted by molar-refractivity contribution is 0.0691. The minimum Gasteiger partial charge on any atom is -0.494 e. The molecule has 314 valence electrons. The molecule has 2 saturated heterocycles. The Labute approximate surface area is 359 Å². The van der Waals surface area contributed by atoms with Gasteiger partial charge in [-0.1, -0.05) is 30.3 Å². The van der Waals surface area contributed by atoms with E-state index in [0.29, 0.717) is 70.1 Å². The summed E-state index contributed by atoms with van der Waals surface area (Å²) in [5, 5.41) is 0. The Kier molecular flexibility index (Phi) is 11.3. The highest BCUT2D eigenvalue weighted by atomic mass is 32.2. The number of likely N-dealkylation sites (tertiary alicyclic amines) is 1. The summed E-state index contributed by atoms with van der Waals surface area (Å²) >= 11 is 3.18. The number of thiophene rings is 1. The fraction of sp³-hybridized carbons (Fsp3) is 0.319. The van der Waals surface area contributed by atoms with Gasteiger partial charge in [0.25, 0.3) is 11.5 Å². The van der Waals surface area contributed by atoms with Gasteiger partial charge in [0.05, 0.1) is 44.6 Å². The van der Waals surface area contributed by atoms with Gasteiger partial charge in [0, 0.05) is 52.4 Å². The van der Waals surface area contributed by atoms with Gasteiger partial charge in [0.15, 0.2) is 23.1 Å². The lowest BCUT2D eigenvalue weighted by Gasteiger charge is -2.35. The number of benzene rings is 4. The zero-order valence-corrected chi connectivity index (χ0v) is 35.6. The molecule has 1 amide bonds. The molecule has 0 aliphatic carbocycles. The van der Waals surface area contributed by atoms with Crippen LogP contribution in [-0.4, -0.2) is 77.1 Å². The molecular weight excluding hydrogens is 819 g/mol. The van der Waals surface area contributed by atoms with E-state index in [2.05, 4.69) is 6.07 Å². The number of methoxy groups -OCH3 is 2. The number of halogens is 2. The molecule has 61 heavy (non-hydrogen) atoms. The smallest absolute Gasteiger partial charge is 0.332 e. The molecule has 3 aliphatic heterocycles. The highest BCUT2D eigenvalue weighted by Gasteiger charge is 2.35. The summed E-state index contributed by atoms with van der Waals surface area (Å²) in [5.41, 5.74) is 5.25. The molecular formula is C47H44F2N4O6S2. The van der Waals surface area contributed by atoms with E-state index >= 15 is 0 Å². The van der Waals surface area contributed by atoms with Crippen LogP contribution in [0.4, 0.5) is 8.78 Å². The summed E-state index contributed by atoms with van der Waals surface area (Å²) in [5.74, 6) is 2.72. The van der Waals surface area contributed by atoms with Crippen LogP contribution in [0, 0.1) is 11.6 Å². The topological polar surface area (TPSA) is 104 Å². The van der Waals surface area contributed by atoms with E-state index in [1.54, 1.807) is 36.3 Å². The molecule has 10 nitrogen and oxygen atoms in total. The van der Waals surface area contributed by atoms with Crippen LogP contribution in [0.5, 0.6) is 17.2 Å². The van der Waals surface area contributed by atoms with Crippen LogP contribution in [0.2, 0.25) is 0 Å². The maximum Gasteiger partial charge on any atom is 0.332 e. The Morgan fingerprint density at radius 2 is 1.59 bits per heavy atom. The molecule has 2 fully saturated rings. The van der Waals surface area contributed by atoms with E-state index in [4.69, 9.17) is 19.2 Å². The summed E-state index contributed by atoms with van der Waals surface area (Å²) in [6, 6.07) is 23.6. The first-order valence-electron chi connectivity index (χ1n) is 20.4. The van der Waals surface area contributed by atoms with E-state index in [9.17, 15) is 23.2 Å². The van der Waals surface area contributed by atoms with E-state index in [-0.39, 0.29) is 36.0 Å². The molecule has 0 N–H and O–H groups in total. The van der Waals surface area contributed by atoms with Crippen LogP contribution in [0.3, 0.4) is 0 Å². The van der Waals surface area contributed by atoms with Gasteiger partial charge >= 0.3 is 5.69 Å². The summed E-state index contributed by atoms with van der Waals surface area (Å²) in [6.07, 6.45) is 1.76. The quantitative estimate of drug-likeness (QED) is 0.136. The number of nitrogens with zero attached hydrogens (tertiary/aromatic N) is 4. The molecule has 6 aromatic rings. The summed E-state index contributed by atoms with van der Waals surface area (Å²) in [4.78, 5) is 50.4. The van der Waals surface area contributed by atoms with Gasteiger partial charge in [-0.2, -0.15) is 11.8 Å². The zero-order chi connectivity index (χ0) is 42.4. The van der Waals surface area contributed by atoms with Crippen molar-refractivity contribution in [3.05, 3.63) is 145 Å². The summed E-state index contributed by atoms with van der Waals surface area (Å²) in [7, 11) is 3.02. The predicted octanol–water partition coefficient (Wildman–Crippen LogP) is 8.55.